The van der Waals surface area contributed by atoms with E-state index in [9.17, 15) is 14.7 Å². The Labute approximate surface area is 230 Å². The summed E-state index contributed by atoms with van der Waals surface area (Å²) < 4.78 is 5.82. The van der Waals surface area contributed by atoms with Gasteiger partial charge in [-0.15, -0.1) is 0 Å². The number of pyridine rings is 1. The number of aromatic nitrogens is 2. The molecule has 6 rings (SSSR count). The number of rotatable bonds is 7. The fourth-order valence-electron chi connectivity index (χ4n) is 4.91. The number of carbonyl (C=O) groups excluding carboxylic acids is 1. The molecule has 7 heteroatoms. The van der Waals surface area contributed by atoms with E-state index < -0.39 is 5.97 Å². The highest BCUT2D eigenvalue weighted by Gasteiger charge is 2.22. The molecule has 2 aromatic heterocycles. The molecule has 0 radical (unpaired) electrons. The van der Waals surface area contributed by atoms with Crippen molar-refractivity contribution in [3.63, 3.8) is 0 Å². The molecule has 2 heterocycles. The Hall–Kier alpha value is -5.30. The van der Waals surface area contributed by atoms with Crippen LogP contribution in [0.1, 0.15) is 50.6 Å². The molecule has 1 atom stereocenters. The Balaban J connectivity index is 1.39. The van der Waals surface area contributed by atoms with Crippen molar-refractivity contribution < 1.29 is 19.2 Å². The first-order valence-electron chi connectivity index (χ1n) is 12.9. The average molecular weight is 528 g/mol. The third kappa shape index (κ3) is 4.92. The highest BCUT2D eigenvalue weighted by Crippen LogP contribution is 2.32. The van der Waals surface area contributed by atoms with Gasteiger partial charge in [-0.3, -0.25) is 9.78 Å². The van der Waals surface area contributed by atoms with Gasteiger partial charge in [-0.1, -0.05) is 65.8 Å². The maximum absolute atomic E-state index is 13.8. The molecule has 7 nitrogen and oxygen atoms in total. The first-order chi connectivity index (χ1) is 19.5. The quantitative estimate of drug-likeness (QED) is 0.236. The summed E-state index contributed by atoms with van der Waals surface area (Å²) in [6.45, 7) is 1.86. The van der Waals surface area contributed by atoms with Crippen LogP contribution < -0.4 is 5.32 Å². The number of carboxylic acids is 1. The number of benzene rings is 4. The minimum absolute atomic E-state index is 0.192. The van der Waals surface area contributed by atoms with Gasteiger partial charge in [-0.2, -0.15) is 0 Å². The molecule has 0 saturated heterocycles. The lowest BCUT2D eigenvalue weighted by Crippen LogP contribution is -2.27. The summed E-state index contributed by atoms with van der Waals surface area (Å²) in [4.78, 5) is 29.6. The molecular weight excluding hydrogens is 502 g/mol. The number of carboxylic acid groups (broad SMARTS) is 1. The first-order valence-corrected chi connectivity index (χ1v) is 12.9. The van der Waals surface area contributed by atoms with Crippen LogP contribution in [0.4, 0.5) is 0 Å². The molecule has 0 saturated carbocycles. The number of amides is 1. The lowest BCUT2D eigenvalue weighted by molar-refractivity contribution is 0.0696. The summed E-state index contributed by atoms with van der Waals surface area (Å²) in [5, 5.41) is 18.3. The second kappa shape index (κ2) is 10.5. The molecule has 0 bridgehead atoms. The van der Waals surface area contributed by atoms with Gasteiger partial charge in [0.05, 0.1) is 28.1 Å². The van der Waals surface area contributed by atoms with E-state index >= 15 is 0 Å². The maximum Gasteiger partial charge on any atom is 0.335 e. The molecule has 0 fully saturated rings. The van der Waals surface area contributed by atoms with Gasteiger partial charge in [-0.25, -0.2) is 4.79 Å². The molecule has 2 N–H and O–H groups in total. The van der Waals surface area contributed by atoms with Crippen LogP contribution in [-0.4, -0.2) is 27.1 Å². The Kier molecular flexibility index (Phi) is 6.54. The van der Waals surface area contributed by atoms with Crippen LogP contribution in [0.2, 0.25) is 0 Å². The van der Waals surface area contributed by atoms with Crippen molar-refractivity contribution in [1.82, 2.24) is 15.5 Å². The molecule has 0 aliphatic rings. The molecule has 0 unspecified atom stereocenters. The van der Waals surface area contributed by atoms with E-state index in [4.69, 9.17) is 4.52 Å². The molecule has 40 heavy (non-hydrogen) atoms. The average Bonchev–Trinajstić information content (AvgIpc) is 3.39. The van der Waals surface area contributed by atoms with E-state index in [0.29, 0.717) is 28.6 Å². The fraction of sp³-hybridized carbons (Fsp3) is 0.0909. The fourth-order valence-corrected chi connectivity index (χ4v) is 4.91. The Bertz CT molecular complexity index is 1860. The smallest absolute Gasteiger partial charge is 0.335 e. The molecule has 196 valence electrons. The topological polar surface area (TPSA) is 105 Å². The molecule has 6 aromatic rings. The van der Waals surface area contributed by atoms with Crippen LogP contribution in [0.15, 0.2) is 108 Å². The number of para-hydroxylation sites is 1. The van der Waals surface area contributed by atoms with Gasteiger partial charge in [-0.05, 0) is 65.6 Å². The summed E-state index contributed by atoms with van der Waals surface area (Å²) >= 11 is 0. The third-order valence-corrected chi connectivity index (χ3v) is 7.02. The van der Waals surface area contributed by atoms with E-state index in [2.05, 4.69) is 21.5 Å². The highest BCUT2D eigenvalue weighted by molar-refractivity contribution is 6.09. The van der Waals surface area contributed by atoms with E-state index in [1.54, 1.807) is 12.1 Å². The summed E-state index contributed by atoms with van der Waals surface area (Å²) in [7, 11) is 0. The number of hydrogen-bond donors (Lipinski definition) is 2. The van der Waals surface area contributed by atoms with Crippen LogP contribution in [0.3, 0.4) is 0 Å². The zero-order valence-corrected chi connectivity index (χ0v) is 21.7. The molecule has 0 spiro atoms. The number of nitrogens with zero attached hydrogens (tertiary/aromatic N) is 2. The minimum Gasteiger partial charge on any atom is -0.478 e. The lowest BCUT2D eigenvalue weighted by atomic mass is 9.96. The Morgan fingerprint density at radius 3 is 2.40 bits per heavy atom. The van der Waals surface area contributed by atoms with Crippen molar-refractivity contribution >= 4 is 33.7 Å². The summed E-state index contributed by atoms with van der Waals surface area (Å²) in [6.07, 6.45) is 2.24. The van der Waals surface area contributed by atoms with Crippen LogP contribution in [0.5, 0.6) is 0 Å². The van der Waals surface area contributed by atoms with Gasteiger partial charge in [0, 0.05) is 18.0 Å². The van der Waals surface area contributed by atoms with Crippen molar-refractivity contribution in [3.8, 4) is 11.1 Å². The molecular formula is C33H25N3O4. The maximum atomic E-state index is 13.8. The summed E-state index contributed by atoms with van der Waals surface area (Å²) in [5.41, 5.74) is 5.69. The normalized spacial score (nSPS) is 11.9. The minimum atomic E-state index is -0.995. The standard InChI is InChI=1S/C33H25N3O4/c1-20(22-11-13-24(14-12-22)33(38)39)35-32(37)27-17-26(23-7-3-2-4-8-23)18-29-31(27)30(40-36-29)16-21-15-25-9-5-6-10-28(25)34-19-21/h2-15,17-20H,16H2,1H3,(H,35,37)(H,38,39)/t20-/m0/s1. The number of carbonyl (C=O) groups is 2. The first kappa shape index (κ1) is 25.0. The van der Waals surface area contributed by atoms with Crippen molar-refractivity contribution in [2.24, 2.45) is 0 Å². The predicted molar refractivity (Wildman–Crippen MR) is 153 cm³/mol. The molecule has 0 aliphatic carbocycles. The largest absolute Gasteiger partial charge is 0.478 e. The van der Waals surface area contributed by atoms with Gasteiger partial charge < -0.3 is 14.9 Å². The predicted octanol–water partition coefficient (Wildman–Crippen LogP) is 6.82. The summed E-state index contributed by atoms with van der Waals surface area (Å²) in [6, 6.07) is 29.7. The van der Waals surface area contributed by atoms with Gasteiger partial charge in [0.1, 0.15) is 11.3 Å². The van der Waals surface area contributed by atoms with E-state index in [1.165, 1.54) is 12.1 Å². The van der Waals surface area contributed by atoms with Crippen molar-refractivity contribution in [1.29, 1.82) is 0 Å². The molecule has 4 aromatic carbocycles. The number of nitrogens with one attached hydrogen (secondary N) is 1. The molecule has 0 aliphatic heterocycles. The van der Waals surface area contributed by atoms with Gasteiger partial charge >= 0.3 is 5.97 Å². The second-order valence-corrected chi connectivity index (χ2v) is 9.73. The van der Waals surface area contributed by atoms with Crippen molar-refractivity contribution in [2.75, 3.05) is 0 Å². The number of aromatic carboxylic acids is 1. The van der Waals surface area contributed by atoms with E-state index in [1.807, 2.05) is 79.9 Å². The van der Waals surface area contributed by atoms with Gasteiger partial charge in [0.25, 0.3) is 5.91 Å². The van der Waals surface area contributed by atoms with E-state index in [0.717, 1.165) is 33.2 Å². The highest BCUT2D eigenvalue weighted by atomic mass is 16.5. The third-order valence-electron chi connectivity index (χ3n) is 7.02. The van der Waals surface area contributed by atoms with Crippen LogP contribution in [0, 0.1) is 0 Å². The van der Waals surface area contributed by atoms with Crippen molar-refractivity contribution in [2.45, 2.75) is 19.4 Å². The Morgan fingerprint density at radius 2 is 1.62 bits per heavy atom. The zero-order valence-electron chi connectivity index (χ0n) is 21.7. The lowest BCUT2D eigenvalue weighted by Gasteiger charge is -2.16. The molecule has 1 amide bonds. The summed E-state index contributed by atoms with van der Waals surface area (Å²) in [5.74, 6) is -0.695. The van der Waals surface area contributed by atoms with Crippen LogP contribution in [0.25, 0.3) is 32.9 Å². The monoisotopic (exact) mass is 527 g/mol. The number of fused-ring (bicyclic) bond motifs is 2. The van der Waals surface area contributed by atoms with Crippen LogP contribution in [-0.2, 0) is 6.42 Å². The van der Waals surface area contributed by atoms with E-state index in [-0.39, 0.29) is 17.5 Å². The Morgan fingerprint density at radius 1 is 0.875 bits per heavy atom. The SMILES string of the molecule is C[C@H](NC(=O)c1cc(-c2ccccc2)cc2noc(Cc3cnc4ccccc4c3)c12)c1ccc(C(=O)O)cc1. The second-order valence-electron chi connectivity index (χ2n) is 9.73. The van der Waals surface area contributed by atoms with Gasteiger partial charge in [0.2, 0.25) is 0 Å². The van der Waals surface area contributed by atoms with Gasteiger partial charge in [0.15, 0.2) is 0 Å². The zero-order chi connectivity index (χ0) is 27.6. The number of hydrogen-bond acceptors (Lipinski definition) is 5. The van der Waals surface area contributed by atoms with Crippen molar-refractivity contribution in [3.05, 3.63) is 131 Å². The van der Waals surface area contributed by atoms with Crippen LogP contribution >= 0.6 is 0 Å².